The summed E-state index contributed by atoms with van der Waals surface area (Å²) < 4.78 is 99.6. The molecule has 0 aromatic rings. The molecule has 0 fully saturated rings. The highest BCUT2D eigenvalue weighted by molar-refractivity contribution is 7.95. The predicted octanol–water partition coefficient (Wildman–Crippen LogP) is 3.75. The zero-order valence-electron chi connectivity index (χ0n) is 12.6. The number of alkyl halides is 7. The van der Waals surface area contributed by atoms with Crippen molar-refractivity contribution in [1.82, 2.24) is 0 Å². The molecule has 0 radical (unpaired) electrons. The zero-order valence-corrected chi connectivity index (χ0v) is 14.2. The van der Waals surface area contributed by atoms with Crippen LogP contribution in [-0.2, 0) is 19.4 Å². The zero-order chi connectivity index (χ0) is 19.4. The highest BCUT2D eigenvalue weighted by Gasteiger charge is 2.51. The van der Waals surface area contributed by atoms with E-state index < -0.39 is 63.0 Å². The number of ether oxygens (including phenoxy) is 1. The first-order valence-corrected chi connectivity index (χ1v) is 8.46. The van der Waals surface area contributed by atoms with Crippen LogP contribution in [0.3, 0.4) is 0 Å². The van der Waals surface area contributed by atoms with E-state index in [4.69, 9.17) is 11.6 Å². The molecule has 0 aromatic carbocycles. The molecule has 0 rings (SSSR count). The molecule has 142 valence electrons. The van der Waals surface area contributed by atoms with Gasteiger partial charge in [-0.25, -0.2) is 13.2 Å². The second-order valence-corrected chi connectivity index (χ2v) is 7.89. The molecule has 0 aliphatic carbocycles. The monoisotopic (exact) mass is 404 g/mol. The van der Waals surface area contributed by atoms with Gasteiger partial charge in [0.1, 0.15) is 0 Å². The summed E-state index contributed by atoms with van der Waals surface area (Å²) in [5.74, 6) is -3.21. The molecular formula is C12H15ClF6O4S. The maximum atomic E-state index is 12.7. The molecule has 0 saturated carbocycles. The van der Waals surface area contributed by atoms with Gasteiger partial charge in [0.05, 0.1) is 19.3 Å². The quantitative estimate of drug-likeness (QED) is 0.281. The lowest BCUT2D eigenvalue weighted by atomic mass is 10.1. The van der Waals surface area contributed by atoms with Gasteiger partial charge in [-0.2, -0.15) is 26.3 Å². The van der Waals surface area contributed by atoms with Crippen molar-refractivity contribution in [3.63, 3.8) is 0 Å². The number of halogens is 7. The van der Waals surface area contributed by atoms with E-state index in [2.05, 4.69) is 4.74 Å². The standard InChI is InChI=1S/C12H15ClF6O4S/c1-3-8(12(17,18)19)4-5-10(13,9(20)23-2)24(21,22)7-6-11(14,15)16/h4H,3,5-7H2,1-2H3/b8-4+. The summed E-state index contributed by atoms with van der Waals surface area (Å²) in [7, 11) is -4.24. The van der Waals surface area contributed by atoms with Gasteiger partial charge in [0, 0.05) is 12.0 Å². The van der Waals surface area contributed by atoms with Crippen molar-refractivity contribution in [2.45, 2.75) is 42.7 Å². The van der Waals surface area contributed by atoms with Gasteiger partial charge < -0.3 is 4.74 Å². The molecule has 0 heterocycles. The van der Waals surface area contributed by atoms with Gasteiger partial charge >= 0.3 is 18.3 Å². The molecule has 0 saturated heterocycles. The summed E-state index contributed by atoms with van der Waals surface area (Å²) >= 11 is 5.62. The van der Waals surface area contributed by atoms with Crippen LogP contribution in [0.5, 0.6) is 0 Å². The fourth-order valence-corrected chi connectivity index (χ4v) is 3.50. The number of rotatable bonds is 7. The lowest BCUT2D eigenvalue weighted by molar-refractivity contribution is -0.141. The van der Waals surface area contributed by atoms with E-state index in [-0.39, 0.29) is 0 Å². The van der Waals surface area contributed by atoms with Gasteiger partial charge in [0.25, 0.3) is 0 Å². The molecule has 12 heteroatoms. The van der Waals surface area contributed by atoms with Gasteiger partial charge in [-0.05, 0) is 6.42 Å². The smallest absolute Gasteiger partial charge is 0.412 e. The number of methoxy groups -OCH3 is 1. The van der Waals surface area contributed by atoms with Crippen LogP contribution in [0.1, 0.15) is 26.2 Å². The maximum absolute atomic E-state index is 12.7. The van der Waals surface area contributed by atoms with Crippen molar-refractivity contribution < 1.29 is 44.3 Å². The summed E-state index contributed by atoms with van der Waals surface area (Å²) in [4.78, 5) is 11.6. The second-order valence-electron chi connectivity index (χ2n) is 4.69. The molecule has 0 aromatic heterocycles. The van der Waals surface area contributed by atoms with Crippen molar-refractivity contribution in [2.24, 2.45) is 0 Å². The summed E-state index contributed by atoms with van der Waals surface area (Å²) in [5, 5.41) is 0. The minimum atomic E-state index is -4.96. The first kappa shape index (κ1) is 23.0. The number of sulfone groups is 1. The van der Waals surface area contributed by atoms with Crippen molar-refractivity contribution in [1.29, 1.82) is 0 Å². The third-order valence-electron chi connectivity index (χ3n) is 2.99. The van der Waals surface area contributed by atoms with Crippen LogP contribution in [0.25, 0.3) is 0 Å². The van der Waals surface area contributed by atoms with Gasteiger partial charge in [-0.15, -0.1) is 0 Å². The van der Waals surface area contributed by atoms with Gasteiger partial charge in [0.15, 0.2) is 9.84 Å². The summed E-state index contributed by atoms with van der Waals surface area (Å²) in [5.41, 5.74) is -1.16. The molecule has 0 aliphatic heterocycles. The largest absolute Gasteiger partial charge is 0.467 e. The predicted molar refractivity (Wildman–Crippen MR) is 74.1 cm³/mol. The minimum absolute atomic E-state index is 0.370. The Morgan fingerprint density at radius 1 is 1.17 bits per heavy atom. The van der Waals surface area contributed by atoms with E-state index >= 15 is 0 Å². The van der Waals surface area contributed by atoms with E-state index in [0.29, 0.717) is 13.2 Å². The average Bonchev–Trinajstić information content (AvgIpc) is 2.42. The number of esters is 1. The molecular weight excluding hydrogens is 390 g/mol. The van der Waals surface area contributed by atoms with Crippen molar-refractivity contribution in [3.8, 4) is 0 Å². The minimum Gasteiger partial charge on any atom is -0.467 e. The number of allylic oxidation sites excluding steroid dienone is 2. The normalized spacial score (nSPS) is 16.6. The summed E-state index contributed by atoms with van der Waals surface area (Å²) in [6, 6.07) is 0. The Balaban J connectivity index is 5.74. The van der Waals surface area contributed by atoms with Crippen LogP contribution < -0.4 is 0 Å². The Morgan fingerprint density at radius 3 is 2.00 bits per heavy atom. The number of hydrogen-bond donors (Lipinski definition) is 0. The molecule has 4 nitrogen and oxygen atoms in total. The molecule has 1 unspecified atom stereocenters. The number of hydrogen-bond acceptors (Lipinski definition) is 4. The van der Waals surface area contributed by atoms with Crippen LogP contribution >= 0.6 is 11.6 Å². The summed E-state index contributed by atoms with van der Waals surface area (Å²) in [6.07, 6.45) is -12.8. The topological polar surface area (TPSA) is 60.4 Å². The van der Waals surface area contributed by atoms with Crippen molar-refractivity contribution in [3.05, 3.63) is 11.6 Å². The highest BCUT2D eigenvalue weighted by Crippen LogP contribution is 2.35. The van der Waals surface area contributed by atoms with Crippen LogP contribution in [0.15, 0.2) is 11.6 Å². The number of carbonyl (C=O) groups is 1. The fraction of sp³-hybridized carbons (Fsp3) is 0.750. The Kier molecular flexibility index (Phi) is 7.62. The first-order valence-electron chi connectivity index (χ1n) is 6.43. The van der Waals surface area contributed by atoms with Crippen molar-refractivity contribution in [2.75, 3.05) is 12.9 Å². The number of carbonyl (C=O) groups excluding carboxylic acids is 1. The first-order chi connectivity index (χ1) is 10.6. The van der Waals surface area contributed by atoms with Crippen LogP contribution in [0.2, 0.25) is 0 Å². The Morgan fingerprint density at radius 2 is 1.67 bits per heavy atom. The van der Waals surface area contributed by atoms with Crippen LogP contribution in [0.4, 0.5) is 26.3 Å². The molecule has 0 spiro atoms. The van der Waals surface area contributed by atoms with E-state index in [1.54, 1.807) is 0 Å². The molecule has 0 aliphatic rings. The average molecular weight is 405 g/mol. The van der Waals surface area contributed by atoms with E-state index in [9.17, 15) is 39.6 Å². The molecule has 0 N–H and O–H groups in total. The Hall–Kier alpha value is -0.970. The van der Waals surface area contributed by atoms with E-state index in [1.165, 1.54) is 0 Å². The SMILES string of the molecule is CC/C(=C\CC(Cl)(C(=O)OC)S(=O)(=O)CCC(F)(F)F)C(F)(F)F. The summed E-state index contributed by atoms with van der Waals surface area (Å²) in [6.45, 7) is 1.13. The van der Waals surface area contributed by atoms with Gasteiger partial charge in [0.2, 0.25) is 4.21 Å². The maximum Gasteiger partial charge on any atom is 0.412 e. The Labute approximate surface area is 139 Å². The van der Waals surface area contributed by atoms with Gasteiger partial charge in [-0.3, -0.25) is 0 Å². The molecule has 0 amide bonds. The lowest BCUT2D eigenvalue weighted by Crippen LogP contribution is -2.44. The fourth-order valence-electron chi connectivity index (χ4n) is 1.62. The van der Waals surface area contributed by atoms with E-state index in [0.717, 1.165) is 6.92 Å². The lowest BCUT2D eigenvalue weighted by Gasteiger charge is -2.24. The van der Waals surface area contributed by atoms with Crippen LogP contribution in [-0.4, -0.2) is 43.8 Å². The third-order valence-corrected chi connectivity index (χ3v) is 6.07. The van der Waals surface area contributed by atoms with Crippen LogP contribution in [0, 0.1) is 0 Å². The molecule has 1 atom stereocenters. The Bertz CT molecular complexity index is 581. The second kappa shape index (κ2) is 7.94. The van der Waals surface area contributed by atoms with E-state index in [1.807, 2.05) is 0 Å². The molecule has 24 heavy (non-hydrogen) atoms. The van der Waals surface area contributed by atoms with Gasteiger partial charge in [-0.1, -0.05) is 24.6 Å². The highest BCUT2D eigenvalue weighted by atomic mass is 35.5. The third kappa shape index (κ3) is 6.15. The molecule has 0 bridgehead atoms. The van der Waals surface area contributed by atoms with Crippen molar-refractivity contribution >= 4 is 27.4 Å².